The van der Waals surface area contributed by atoms with E-state index in [1.807, 2.05) is 30.8 Å². The molecule has 1 aromatic heterocycles. The zero-order chi connectivity index (χ0) is 15.4. The molecule has 2 aliphatic rings. The molecule has 5 heteroatoms. The van der Waals surface area contributed by atoms with E-state index >= 15 is 0 Å². The average Bonchev–Trinajstić information content (AvgIpc) is 3.24. The molecule has 0 aliphatic carbocycles. The Morgan fingerprint density at radius 3 is 2.95 bits per heavy atom. The van der Waals surface area contributed by atoms with Crippen LogP contribution in [-0.4, -0.2) is 47.6 Å². The maximum Gasteiger partial charge on any atom is 0.223 e. The molecule has 3 rings (SSSR count). The summed E-state index contributed by atoms with van der Waals surface area (Å²) in [5, 5.41) is 0. The van der Waals surface area contributed by atoms with Crippen LogP contribution in [0.3, 0.4) is 0 Å². The van der Waals surface area contributed by atoms with Crippen LogP contribution in [0.15, 0.2) is 16.5 Å². The van der Waals surface area contributed by atoms with Gasteiger partial charge < -0.3 is 14.1 Å². The number of rotatable bonds is 6. The molecule has 0 aromatic carbocycles. The molecule has 0 bridgehead atoms. The van der Waals surface area contributed by atoms with E-state index in [1.165, 1.54) is 0 Å². The summed E-state index contributed by atoms with van der Waals surface area (Å²) < 4.78 is 11.3. The Morgan fingerprint density at radius 1 is 1.41 bits per heavy atom. The van der Waals surface area contributed by atoms with Gasteiger partial charge in [0.15, 0.2) is 0 Å². The third kappa shape index (κ3) is 4.07. The van der Waals surface area contributed by atoms with Crippen molar-refractivity contribution in [2.24, 2.45) is 0 Å². The van der Waals surface area contributed by atoms with Crippen molar-refractivity contribution in [1.82, 2.24) is 4.90 Å². The fourth-order valence-corrected chi connectivity index (χ4v) is 4.45. The molecular formula is C17H25NO3S. The zero-order valence-corrected chi connectivity index (χ0v) is 14.1. The lowest BCUT2D eigenvalue weighted by Crippen LogP contribution is -2.44. The normalized spacial score (nSPS) is 24.8. The minimum absolute atomic E-state index is 0.236. The number of furan rings is 1. The van der Waals surface area contributed by atoms with E-state index in [0.717, 1.165) is 55.4 Å². The number of carbonyl (C=O) groups excluding carboxylic acids is 1. The van der Waals surface area contributed by atoms with Gasteiger partial charge in [-0.3, -0.25) is 4.79 Å². The van der Waals surface area contributed by atoms with Gasteiger partial charge in [0.05, 0.1) is 6.10 Å². The van der Waals surface area contributed by atoms with Crippen molar-refractivity contribution in [2.75, 3.05) is 24.7 Å². The van der Waals surface area contributed by atoms with Crippen molar-refractivity contribution in [3.8, 4) is 0 Å². The number of carbonyl (C=O) groups is 1. The van der Waals surface area contributed by atoms with Crippen molar-refractivity contribution in [1.29, 1.82) is 0 Å². The van der Waals surface area contributed by atoms with Crippen LogP contribution in [0.5, 0.6) is 0 Å². The minimum atomic E-state index is 0.236. The first-order chi connectivity index (χ1) is 10.7. The van der Waals surface area contributed by atoms with Crippen molar-refractivity contribution in [3.63, 3.8) is 0 Å². The van der Waals surface area contributed by atoms with E-state index in [2.05, 4.69) is 4.90 Å². The second kappa shape index (κ2) is 7.55. The summed E-state index contributed by atoms with van der Waals surface area (Å²) in [5.41, 5.74) is 0. The molecule has 0 radical (unpaired) electrons. The Hall–Kier alpha value is -0.940. The number of ether oxygens (including phenoxy) is 1. The standard InChI is InChI=1S/C17H25NO3S/c1-13-4-5-15(21-13)6-7-17(19)18(14-8-10-22-12-14)11-16-3-2-9-20-16/h4-5,14,16H,2-3,6-12H2,1H3/t14-,16+/m0/s1. The molecule has 2 atom stereocenters. The summed E-state index contributed by atoms with van der Waals surface area (Å²) in [4.78, 5) is 14.8. The molecule has 2 saturated heterocycles. The SMILES string of the molecule is Cc1ccc(CCC(=O)N(C[C@H]2CCCO2)[C@H]2CCSC2)o1. The Labute approximate surface area is 136 Å². The van der Waals surface area contributed by atoms with E-state index in [9.17, 15) is 4.79 Å². The number of hydrogen-bond acceptors (Lipinski definition) is 4. The predicted molar refractivity (Wildman–Crippen MR) is 88.2 cm³/mol. The van der Waals surface area contributed by atoms with Crippen LogP contribution in [0.2, 0.25) is 0 Å². The summed E-state index contributed by atoms with van der Waals surface area (Å²) in [5.74, 6) is 4.29. The topological polar surface area (TPSA) is 42.7 Å². The van der Waals surface area contributed by atoms with Gasteiger partial charge in [0.1, 0.15) is 11.5 Å². The molecule has 3 heterocycles. The quantitative estimate of drug-likeness (QED) is 0.807. The fraction of sp³-hybridized carbons (Fsp3) is 0.706. The molecule has 0 unspecified atom stereocenters. The van der Waals surface area contributed by atoms with Crippen LogP contribution in [0.25, 0.3) is 0 Å². The maximum atomic E-state index is 12.7. The van der Waals surface area contributed by atoms with Crippen LogP contribution in [0.1, 0.15) is 37.2 Å². The van der Waals surface area contributed by atoms with Gasteiger partial charge in [-0.25, -0.2) is 0 Å². The first-order valence-electron chi connectivity index (χ1n) is 8.26. The Balaban J connectivity index is 1.58. The van der Waals surface area contributed by atoms with Gasteiger partial charge in [0, 0.05) is 37.8 Å². The number of amides is 1. The molecule has 2 aliphatic heterocycles. The average molecular weight is 323 g/mol. The highest BCUT2D eigenvalue weighted by Gasteiger charge is 2.30. The van der Waals surface area contributed by atoms with Crippen LogP contribution in [-0.2, 0) is 16.0 Å². The minimum Gasteiger partial charge on any atom is -0.466 e. The van der Waals surface area contributed by atoms with Crippen molar-refractivity contribution in [3.05, 3.63) is 23.7 Å². The molecule has 122 valence electrons. The molecule has 4 nitrogen and oxygen atoms in total. The lowest BCUT2D eigenvalue weighted by molar-refractivity contribution is -0.134. The van der Waals surface area contributed by atoms with Gasteiger partial charge in [-0.15, -0.1) is 0 Å². The van der Waals surface area contributed by atoms with Crippen molar-refractivity contribution >= 4 is 17.7 Å². The van der Waals surface area contributed by atoms with Crippen LogP contribution in [0, 0.1) is 6.92 Å². The van der Waals surface area contributed by atoms with Crippen LogP contribution < -0.4 is 0 Å². The lowest BCUT2D eigenvalue weighted by Gasteiger charge is -2.30. The molecule has 22 heavy (non-hydrogen) atoms. The summed E-state index contributed by atoms with van der Waals surface area (Å²) in [7, 11) is 0. The molecule has 1 amide bonds. The second-order valence-corrected chi connectivity index (χ2v) is 7.36. The molecule has 2 fully saturated rings. The number of hydrogen-bond donors (Lipinski definition) is 0. The van der Waals surface area contributed by atoms with E-state index in [4.69, 9.17) is 9.15 Å². The Morgan fingerprint density at radius 2 is 2.32 bits per heavy atom. The summed E-state index contributed by atoms with van der Waals surface area (Å²) >= 11 is 1.95. The summed E-state index contributed by atoms with van der Waals surface area (Å²) in [6.45, 7) is 3.55. The maximum absolute atomic E-state index is 12.7. The number of thioether (sulfide) groups is 1. The highest BCUT2D eigenvalue weighted by Crippen LogP contribution is 2.25. The fourth-order valence-electron chi connectivity index (χ4n) is 3.22. The zero-order valence-electron chi connectivity index (χ0n) is 13.3. The highest BCUT2D eigenvalue weighted by molar-refractivity contribution is 7.99. The molecule has 1 aromatic rings. The molecule has 0 N–H and O–H groups in total. The summed E-state index contributed by atoms with van der Waals surface area (Å²) in [6, 6.07) is 4.32. The molecule has 0 saturated carbocycles. The van der Waals surface area contributed by atoms with Gasteiger partial charge in [0.2, 0.25) is 5.91 Å². The van der Waals surface area contributed by atoms with Crippen LogP contribution >= 0.6 is 11.8 Å². The first kappa shape index (κ1) is 15.9. The van der Waals surface area contributed by atoms with Crippen LogP contribution in [0.4, 0.5) is 0 Å². The molecular weight excluding hydrogens is 298 g/mol. The predicted octanol–water partition coefficient (Wildman–Crippen LogP) is 3.03. The smallest absolute Gasteiger partial charge is 0.223 e. The van der Waals surface area contributed by atoms with E-state index in [1.54, 1.807) is 0 Å². The van der Waals surface area contributed by atoms with Gasteiger partial charge in [0.25, 0.3) is 0 Å². The van der Waals surface area contributed by atoms with Gasteiger partial charge in [-0.2, -0.15) is 11.8 Å². The van der Waals surface area contributed by atoms with E-state index < -0.39 is 0 Å². The van der Waals surface area contributed by atoms with E-state index in [-0.39, 0.29) is 12.0 Å². The van der Waals surface area contributed by atoms with E-state index in [0.29, 0.717) is 18.9 Å². The number of aryl methyl sites for hydroxylation is 2. The Bertz CT molecular complexity index is 490. The monoisotopic (exact) mass is 323 g/mol. The first-order valence-corrected chi connectivity index (χ1v) is 9.42. The number of nitrogens with zero attached hydrogens (tertiary/aromatic N) is 1. The Kier molecular flexibility index (Phi) is 5.47. The lowest BCUT2D eigenvalue weighted by atomic mass is 10.1. The summed E-state index contributed by atoms with van der Waals surface area (Å²) in [6.07, 6.45) is 4.78. The third-order valence-corrected chi connectivity index (χ3v) is 5.62. The van der Waals surface area contributed by atoms with Gasteiger partial charge >= 0.3 is 0 Å². The third-order valence-electron chi connectivity index (χ3n) is 4.47. The van der Waals surface area contributed by atoms with Gasteiger partial charge in [-0.05, 0) is 44.1 Å². The highest BCUT2D eigenvalue weighted by atomic mass is 32.2. The second-order valence-electron chi connectivity index (χ2n) is 6.21. The van der Waals surface area contributed by atoms with Gasteiger partial charge in [-0.1, -0.05) is 0 Å². The van der Waals surface area contributed by atoms with Crippen molar-refractivity contribution < 1.29 is 13.9 Å². The largest absolute Gasteiger partial charge is 0.466 e. The molecule has 0 spiro atoms. The van der Waals surface area contributed by atoms with Crippen molar-refractivity contribution in [2.45, 2.75) is 51.2 Å².